The molecule has 2 aromatic heterocycles. The van der Waals surface area contributed by atoms with Crippen LogP contribution >= 0.6 is 11.3 Å². The van der Waals surface area contributed by atoms with Crippen molar-refractivity contribution in [3.05, 3.63) is 70.7 Å². The first-order valence-corrected chi connectivity index (χ1v) is 7.63. The number of para-hydroxylation sites is 1. The Morgan fingerprint density at radius 2 is 2.05 bits per heavy atom. The molecular weight excluding hydrogens is 266 g/mol. The van der Waals surface area contributed by atoms with Crippen molar-refractivity contribution in [3.8, 4) is 5.69 Å². The Morgan fingerprint density at radius 1 is 1.20 bits per heavy atom. The van der Waals surface area contributed by atoms with Gasteiger partial charge in [-0.05, 0) is 30.1 Å². The summed E-state index contributed by atoms with van der Waals surface area (Å²) in [6.45, 7) is 3.06. The van der Waals surface area contributed by atoms with Gasteiger partial charge >= 0.3 is 0 Å². The van der Waals surface area contributed by atoms with Gasteiger partial charge in [0.15, 0.2) is 0 Å². The number of nitrogens with one attached hydrogen (secondary N) is 1. The van der Waals surface area contributed by atoms with Gasteiger partial charge in [-0.15, -0.1) is 11.3 Å². The van der Waals surface area contributed by atoms with Crippen molar-refractivity contribution in [1.29, 1.82) is 0 Å². The Labute approximate surface area is 122 Å². The maximum Gasteiger partial charge on any atom is 0.0702 e. The molecule has 0 bridgehead atoms. The van der Waals surface area contributed by atoms with E-state index in [9.17, 15) is 0 Å². The largest absolute Gasteiger partial charge is 0.306 e. The lowest BCUT2D eigenvalue weighted by molar-refractivity contribution is 0.639. The molecule has 0 radical (unpaired) electrons. The fourth-order valence-corrected chi connectivity index (χ4v) is 3.08. The molecule has 1 unspecified atom stereocenters. The van der Waals surface area contributed by atoms with Crippen LogP contribution < -0.4 is 5.32 Å². The summed E-state index contributed by atoms with van der Waals surface area (Å²) in [6.07, 6.45) is 4.04. The zero-order valence-corrected chi connectivity index (χ0v) is 12.2. The fourth-order valence-electron chi connectivity index (χ4n) is 2.25. The molecule has 0 aliphatic carbocycles. The van der Waals surface area contributed by atoms with Gasteiger partial charge in [0.05, 0.1) is 17.9 Å². The number of rotatable bonds is 5. The topological polar surface area (TPSA) is 29.9 Å². The summed E-state index contributed by atoms with van der Waals surface area (Å²) in [5, 5.41) is 10.1. The van der Waals surface area contributed by atoms with E-state index in [1.54, 1.807) is 11.3 Å². The van der Waals surface area contributed by atoms with E-state index >= 15 is 0 Å². The molecule has 2 heterocycles. The molecule has 3 aromatic rings. The van der Waals surface area contributed by atoms with Crippen LogP contribution in [0.15, 0.2) is 60.2 Å². The molecule has 0 saturated heterocycles. The average molecular weight is 283 g/mol. The Hall–Kier alpha value is -1.91. The van der Waals surface area contributed by atoms with Gasteiger partial charge in [0.25, 0.3) is 0 Å². The number of hydrogen-bond acceptors (Lipinski definition) is 3. The van der Waals surface area contributed by atoms with Crippen molar-refractivity contribution >= 4 is 11.3 Å². The van der Waals surface area contributed by atoms with E-state index in [1.165, 1.54) is 10.4 Å². The molecule has 4 heteroatoms. The smallest absolute Gasteiger partial charge is 0.0702 e. The van der Waals surface area contributed by atoms with Crippen molar-refractivity contribution in [2.75, 3.05) is 6.54 Å². The van der Waals surface area contributed by atoms with Gasteiger partial charge in [-0.1, -0.05) is 31.2 Å². The van der Waals surface area contributed by atoms with Crippen molar-refractivity contribution in [2.24, 2.45) is 0 Å². The predicted molar refractivity (Wildman–Crippen MR) is 83.4 cm³/mol. The second-order valence-electron chi connectivity index (χ2n) is 4.56. The molecule has 0 spiro atoms. The third-order valence-corrected chi connectivity index (χ3v) is 4.13. The van der Waals surface area contributed by atoms with Gasteiger partial charge in [0, 0.05) is 16.6 Å². The zero-order valence-electron chi connectivity index (χ0n) is 11.4. The Morgan fingerprint density at radius 3 is 2.75 bits per heavy atom. The predicted octanol–water partition coefficient (Wildman–Crippen LogP) is 3.63. The molecule has 1 N–H and O–H groups in total. The lowest BCUT2D eigenvalue weighted by Crippen LogP contribution is -2.20. The minimum atomic E-state index is 0.220. The van der Waals surface area contributed by atoms with Crippen LogP contribution in [0.5, 0.6) is 0 Å². The third kappa shape index (κ3) is 2.66. The number of aromatic nitrogens is 2. The lowest BCUT2D eigenvalue weighted by atomic mass is 10.1. The van der Waals surface area contributed by atoms with Crippen LogP contribution in [0.3, 0.4) is 0 Å². The molecule has 0 aliphatic heterocycles. The van der Waals surface area contributed by atoms with E-state index < -0.39 is 0 Å². The number of hydrogen-bond donors (Lipinski definition) is 1. The standard InChI is InChI=1S/C16H17N3S/c1-2-17-16(15-9-6-10-20-15)13-11-18-19(12-13)14-7-4-3-5-8-14/h3-12,16-17H,2H2,1H3. The first kappa shape index (κ1) is 13.1. The molecule has 3 rings (SSSR count). The van der Waals surface area contributed by atoms with Crippen LogP contribution in [0.25, 0.3) is 5.69 Å². The number of benzene rings is 1. The SMILES string of the molecule is CCNC(c1cnn(-c2ccccc2)c1)c1cccs1. The summed E-state index contributed by atoms with van der Waals surface area (Å²) in [6, 6.07) is 14.7. The van der Waals surface area contributed by atoms with E-state index in [0.29, 0.717) is 0 Å². The molecule has 0 saturated carbocycles. The summed E-state index contributed by atoms with van der Waals surface area (Å²) in [7, 11) is 0. The number of nitrogens with zero attached hydrogens (tertiary/aromatic N) is 2. The van der Waals surface area contributed by atoms with Gasteiger partial charge in [-0.3, -0.25) is 0 Å². The highest BCUT2D eigenvalue weighted by Gasteiger charge is 2.16. The molecule has 0 aliphatic rings. The van der Waals surface area contributed by atoms with Crippen molar-refractivity contribution in [1.82, 2.24) is 15.1 Å². The van der Waals surface area contributed by atoms with Gasteiger partial charge in [0.2, 0.25) is 0 Å². The summed E-state index contributed by atoms with van der Waals surface area (Å²) in [5.41, 5.74) is 2.28. The maximum atomic E-state index is 4.48. The second kappa shape index (κ2) is 6.03. The normalized spacial score (nSPS) is 12.4. The molecular formula is C16H17N3S. The molecule has 102 valence electrons. The van der Waals surface area contributed by atoms with Crippen molar-refractivity contribution in [3.63, 3.8) is 0 Å². The molecule has 0 fully saturated rings. The van der Waals surface area contributed by atoms with Crippen LogP contribution in [-0.4, -0.2) is 16.3 Å². The molecule has 1 atom stereocenters. The molecule has 3 nitrogen and oxygen atoms in total. The average Bonchev–Trinajstić information content (AvgIpc) is 3.17. The van der Waals surface area contributed by atoms with Gasteiger partial charge < -0.3 is 5.32 Å². The van der Waals surface area contributed by atoms with E-state index in [2.05, 4.69) is 53.2 Å². The Kier molecular flexibility index (Phi) is 3.95. The van der Waals surface area contributed by atoms with Gasteiger partial charge in [-0.25, -0.2) is 4.68 Å². The quantitative estimate of drug-likeness (QED) is 0.775. The highest BCUT2D eigenvalue weighted by Crippen LogP contribution is 2.26. The summed E-state index contributed by atoms with van der Waals surface area (Å²) < 4.78 is 1.92. The minimum Gasteiger partial charge on any atom is -0.306 e. The monoisotopic (exact) mass is 283 g/mol. The van der Waals surface area contributed by atoms with E-state index in [-0.39, 0.29) is 6.04 Å². The zero-order chi connectivity index (χ0) is 13.8. The first-order valence-electron chi connectivity index (χ1n) is 6.75. The van der Waals surface area contributed by atoms with Crippen LogP contribution in [0.1, 0.15) is 23.4 Å². The van der Waals surface area contributed by atoms with Crippen molar-refractivity contribution in [2.45, 2.75) is 13.0 Å². The Balaban J connectivity index is 1.91. The van der Waals surface area contributed by atoms with Gasteiger partial charge in [0.1, 0.15) is 0 Å². The fraction of sp³-hybridized carbons (Fsp3) is 0.188. The van der Waals surface area contributed by atoms with Crippen molar-refractivity contribution < 1.29 is 0 Å². The molecule has 0 amide bonds. The van der Waals surface area contributed by atoms with E-state index in [4.69, 9.17) is 0 Å². The lowest BCUT2D eigenvalue weighted by Gasteiger charge is -2.14. The van der Waals surface area contributed by atoms with Gasteiger partial charge in [-0.2, -0.15) is 5.10 Å². The summed E-state index contributed by atoms with van der Waals surface area (Å²) in [5.74, 6) is 0. The molecule has 20 heavy (non-hydrogen) atoms. The second-order valence-corrected chi connectivity index (χ2v) is 5.54. The van der Waals surface area contributed by atoms with Crippen LogP contribution in [0, 0.1) is 0 Å². The van der Waals surface area contributed by atoms with Crippen LogP contribution in [0.4, 0.5) is 0 Å². The van der Waals surface area contributed by atoms with E-state index in [1.807, 2.05) is 29.1 Å². The van der Waals surface area contributed by atoms with E-state index in [0.717, 1.165) is 12.2 Å². The van der Waals surface area contributed by atoms with Crippen LogP contribution in [0.2, 0.25) is 0 Å². The minimum absolute atomic E-state index is 0.220. The molecule has 1 aromatic carbocycles. The Bertz CT molecular complexity index is 643. The third-order valence-electron chi connectivity index (χ3n) is 3.19. The maximum absolute atomic E-state index is 4.48. The highest BCUT2D eigenvalue weighted by atomic mass is 32.1. The highest BCUT2D eigenvalue weighted by molar-refractivity contribution is 7.10. The summed E-state index contributed by atoms with van der Waals surface area (Å²) >= 11 is 1.77. The number of thiophene rings is 1. The summed E-state index contributed by atoms with van der Waals surface area (Å²) in [4.78, 5) is 1.32. The first-order chi connectivity index (χ1) is 9.88. The van der Waals surface area contributed by atoms with Crippen LogP contribution in [-0.2, 0) is 0 Å².